The highest BCUT2D eigenvalue weighted by molar-refractivity contribution is 5.53. The van der Waals surface area contributed by atoms with Gasteiger partial charge in [-0.2, -0.15) is 5.26 Å². The van der Waals surface area contributed by atoms with Gasteiger partial charge in [0.15, 0.2) is 0 Å². The van der Waals surface area contributed by atoms with E-state index in [1.165, 1.54) is 0 Å². The van der Waals surface area contributed by atoms with E-state index in [0.717, 1.165) is 18.7 Å². The highest BCUT2D eigenvalue weighted by Crippen LogP contribution is 2.21. The van der Waals surface area contributed by atoms with Crippen LogP contribution in [0, 0.1) is 11.3 Å². The number of nitrogens with zero attached hydrogens (tertiary/aromatic N) is 2. The van der Waals surface area contributed by atoms with E-state index in [-0.39, 0.29) is 5.75 Å². The van der Waals surface area contributed by atoms with E-state index in [1.807, 2.05) is 6.07 Å². The molecule has 0 aliphatic rings. The SMILES string of the molecule is CC(C)N(CCC#N)Cc1ccc(O)c(N)c1. The van der Waals surface area contributed by atoms with Crippen LogP contribution in [-0.2, 0) is 6.54 Å². The Hall–Kier alpha value is -1.73. The zero-order chi connectivity index (χ0) is 12.8. The van der Waals surface area contributed by atoms with Gasteiger partial charge >= 0.3 is 0 Å². The van der Waals surface area contributed by atoms with Crippen molar-refractivity contribution in [3.05, 3.63) is 23.8 Å². The van der Waals surface area contributed by atoms with Crippen molar-refractivity contribution in [1.29, 1.82) is 5.26 Å². The Morgan fingerprint density at radius 3 is 2.71 bits per heavy atom. The molecule has 0 atom stereocenters. The van der Waals surface area contributed by atoms with Crippen LogP contribution in [0.3, 0.4) is 0 Å². The maximum Gasteiger partial charge on any atom is 0.138 e. The number of hydrogen-bond donors (Lipinski definition) is 2. The lowest BCUT2D eigenvalue weighted by Gasteiger charge is -2.25. The number of phenolic OH excluding ortho intramolecular Hbond substituents is 1. The Morgan fingerprint density at radius 1 is 1.47 bits per heavy atom. The van der Waals surface area contributed by atoms with E-state index in [9.17, 15) is 5.11 Å². The van der Waals surface area contributed by atoms with E-state index < -0.39 is 0 Å². The quantitative estimate of drug-likeness (QED) is 0.603. The van der Waals surface area contributed by atoms with E-state index in [4.69, 9.17) is 11.0 Å². The van der Waals surface area contributed by atoms with E-state index in [0.29, 0.717) is 18.2 Å². The third-order valence-electron chi connectivity index (χ3n) is 2.72. The number of aromatic hydroxyl groups is 1. The number of anilines is 1. The van der Waals surface area contributed by atoms with Gasteiger partial charge in [0.25, 0.3) is 0 Å². The summed E-state index contributed by atoms with van der Waals surface area (Å²) in [5, 5.41) is 18.0. The molecule has 1 rings (SSSR count). The molecule has 4 nitrogen and oxygen atoms in total. The lowest BCUT2D eigenvalue weighted by Crippen LogP contribution is -2.31. The summed E-state index contributed by atoms with van der Waals surface area (Å²) in [6.45, 7) is 5.68. The first-order valence-electron chi connectivity index (χ1n) is 5.73. The van der Waals surface area contributed by atoms with Crippen molar-refractivity contribution in [2.24, 2.45) is 0 Å². The molecule has 1 aromatic carbocycles. The lowest BCUT2D eigenvalue weighted by atomic mass is 10.1. The van der Waals surface area contributed by atoms with Crippen molar-refractivity contribution in [3.8, 4) is 11.8 Å². The summed E-state index contributed by atoms with van der Waals surface area (Å²) < 4.78 is 0. The summed E-state index contributed by atoms with van der Waals surface area (Å²) in [5.74, 6) is 0.113. The predicted octanol–water partition coefficient (Wildman–Crippen LogP) is 2.10. The molecule has 0 bridgehead atoms. The molecule has 17 heavy (non-hydrogen) atoms. The Bertz CT molecular complexity index is 410. The zero-order valence-electron chi connectivity index (χ0n) is 10.3. The summed E-state index contributed by atoms with van der Waals surface area (Å²) in [7, 11) is 0. The number of phenols is 1. The summed E-state index contributed by atoms with van der Waals surface area (Å²) in [4.78, 5) is 2.20. The summed E-state index contributed by atoms with van der Waals surface area (Å²) >= 11 is 0. The first-order valence-corrected chi connectivity index (χ1v) is 5.73. The van der Waals surface area contributed by atoms with Crippen LogP contribution in [0.25, 0.3) is 0 Å². The van der Waals surface area contributed by atoms with Crippen LogP contribution in [0.5, 0.6) is 5.75 Å². The lowest BCUT2D eigenvalue weighted by molar-refractivity contribution is 0.218. The van der Waals surface area contributed by atoms with Gasteiger partial charge in [0.05, 0.1) is 11.8 Å². The fraction of sp³-hybridized carbons (Fsp3) is 0.462. The minimum atomic E-state index is 0.113. The minimum absolute atomic E-state index is 0.113. The molecule has 0 aromatic heterocycles. The van der Waals surface area contributed by atoms with Gasteiger partial charge in [-0.3, -0.25) is 4.90 Å². The standard InChI is InChI=1S/C13H19N3O/c1-10(2)16(7-3-6-14)9-11-4-5-13(17)12(15)8-11/h4-5,8,10,17H,3,7,9,15H2,1-2H3. The molecule has 4 heteroatoms. The van der Waals surface area contributed by atoms with Crippen LogP contribution in [-0.4, -0.2) is 22.6 Å². The van der Waals surface area contributed by atoms with Gasteiger partial charge in [-0.15, -0.1) is 0 Å². The molecule has 0 unspecified atom stereocenters. The molecular formula is C13H19N3O. The Balaban J connectivity index is 2.72. The third-order valence-corrected chi connectivity index (χ3v) is 2.72. The van der Waals surface area contributed by atoms with Crippen molar-refractivity contribution in [1.82, 2.24) is 4.90 Å². The van der Waals surface area contributed by atoms with Gasteiger partial charge in [0.1, 0.15) is 5.75 Å². The summed E-state index contributed by atoms with van der Waals surface area (Å²) in [6.07, 6.45) is 0.520. The van der Waals surface area contributed by atoms with Crippen molar-refractivity contribution >= 4 is 5.69 Å². The van der Waals surface area contributed by atoms with Crippen LogP contribution < -0.4 is 5.73 Å². The molecule has 0 heterocycles. The number of hydrogen-bond acceptors (Lipinski definition) is 4. The van der Waals surface area contributed by atoms with Gasteiger partial charge in [-0.1, -0.05) is 6.07 Å². The third kappa shape index (κ3) is 3.97. The first kappa shape index (κ1) is 13.3. The number of nitriles is 1. The molecule has 3 N–H and O–H groups in total. The molecule has 0 radical (unpaired) electrons. The average Bonchev–Trinajstić information content (AvgIpc) is 2.28. The minimum Gasteiger partial charge on any atom is -0.506 e. The molecule has 0 aliphatic heterocycles. The molecule has 0 spiro atoms. The molecule has 0 saturated carbocycles. The molecule has 0 fully saturated rings. The summed E-state index contributed by atoms with van der Waals surface area (Å²) in [5.41, 5.74) is 7.09. The van der Waals surface area contributed by atoms with E-state index >= 15 is 0 Å². The van der Waals surface area contributed by atoms with Crippen molar-refractivity contribution in [3.63, 3.8) is 0 Å². The number of rotatable bonds is 5. The molecule has 0 aliphatic carbocycles. The van der Waals surface area contributed by atoms with Crippen LogP contribution in [0.4, 0.5) is 5.69 Å². The second-order valence-corrected chi connectivity index (χ2v) is 4.37. The van der Waals surface area contributed by atoms with E-state index in [1.54, 1.807) is 12.1 Å². The largest absolute Gasteiger partial charge is 0.506 e. The Morgan fingerprint density at radius 2 is 2.18 bits per heavy atom. The molecule has 0 saturated heterocycles. The molecule has 92 valence electrons. The van der Waals surface area contributed by atoms with E-state index in [2.05, 4.69) is 24.8 Å². The van der Waals surface area contributed by atoms with Crippen LogP contribution in [0.1, 0.15) is 25.8 Å². The second kappa shape index (κ2) is 6.12. The number of nitrogens with two attached hydrogens (primary N) is 1. The fourth-order valence-electron chi connectivity index (χ4n) is 1.65. The van der Waals surface area contributed by atoms with Crippen LogP contribution >= 0.6 is 0 Å². The highest BCUT2D eigenvalue weighted by Gasteiger charge is 2.10. The van der Waals surface area contributed by atoms with Gasteiger partial charge in [-0.05, 0) is 31.5 Å². The smallest absolute Gasteiger partial charge is 0.138 e. The molecular weight excluding hydrogens is 214 g/mol. The zero-order valence-corrected chi connectivity index (χ0v) is 10.3. The van der Waals surface area contributed by atoms with Crippen LogP contribution in [0.2, 0.25) is 0 Å². The van der Waals surface area contributed by atoms with Gasteiger partial charge in [0, 0.05) is 25.6 Å². The predicted molar refractivity (Wildman–Crippen MR) is 68.3 cm³/mol. The fourth-order valence-corrected chi connectivity index (χ4v) is 1.65. The van der Waals surface area contributed by atoms with Gasteiger partial charge < -0.3 is 10.8 Å². The average molecular weight is 233 g/mol. The Labute approximate surface area is 102 Å². The van der Waals surface area contributed by atoms with Crippen molar-refractivity contribution in [2.75, 3.05) is 12.3 Å². The second-order valence-electron chi connectivity index (χ2n) is 4.37. The maximum atomic E-state index is 9.35. The molecule has 0 amide bonds. The van der Waals surface area contributed by atoms with Gasteiger partial charge in [0.2, 0.25) is 0 Å². The first-order chi connectivity index (χ1) is 8.04. The molecule has 1 aromatic rings. The number of nitrogen functional groups attached to an aromatic ring is 1. The van der Waals surface area contributed by atoms with Crippen molar-refractivity contribution in [2.45, 2.75) is 32.9 Å². The van der Waals surface area contributed by atoms with Crippen LogP contribution in [0.15, 0.2) is 18.2 Å². The number of benzene rings is 1. The monoisotopic (exact) mass is 233 g/mol. The highest BCUT2D eigenvalue weighted by atomic mass is 16.3. The summed E-state index contributed by atoms with van der Waals surface area (Å²) in [6, 6.07) is 7.76. The maximum absolute atomic E-state index is 9.35. The Kier molecular flexibility index (Phi) is 4.80. The topological polar surface area (TPSA) is 73.3 Å². The van der Waals surface area contributed by atoms with Crippen molar-refractivity contribution < 1.29 is 5.11 Å². The normalized spacial score (nSPS) is 10.8. The van der Waals surface area contributed by atoms with Gasteiger partial charge in [-0.25, -0.2) is 0 Å².